The standard InChI is InChI=1S/C26H31N3O2/c1-17-10-12-29(13-11-17)23-9-8-21-6-5-7-22(26(21)27-23)31-16-24(30)28-25-19(3)14-18(2)15-20(25)4/h5-9,14-15,17H,10-13,16H2,1-4H3,(H,28,30). The third-order valence-electron chi connectivity index (χ3n) is 6.08. The summed E-state index contributed by atoms with van der Waals surface area (Å²) in [5, 5.41) is 4.01. The fourth-order valence-corrected chi connectivity index (χ4v) is 4.34. The van der Waals surface area contributed by atoms with Gasteiger partial charge in [-0.25, -0.2) is 4.98 Å². The maximum absolute atomic E-state index is 12.6. The molecule has 0 bridgehead atoms. The number of amides is 1. The lowest BCUT2D eigenvalue weighted by molar-refractivity contribution is -0.118. The lowest BCUT2D eigenvalue weighted by Gasteiger charge is -2.31. The number of fused-ring (bicyclic) bond motifs is 1. The zero-order chi connectivity index (χ0) is 22.0. The van der Waals surface area contributed by atoms with Crippen LogP contribution in [-0.4, -0.2) is 30.6 Å². The summed E-state index contributed by atoms with van der Waals surface area (Å²) in [6, 6.07) is 14.2. The molecule has 1 fully saturated rings. The fourth-order valence-electron chi connectivity index (χ4n) is 4.34. The van der Waals surface area contributed by atoms with E-state index in [0.29, 0.717) is 5.75 Å². The van der Waals surface area contributed by atoms with Crippen molar-refractivity contribution in [2.24, 2.45) is 5.92 Å². The molecule has 1 amide bonds. The molecule has 2 aromatic carbocycles. The van der Waals surface area contributed by atoms with Crippen LogP contribution in [0.1, 0.15) is 36.5 Å². The van der Waals surface area contributed by atoms with Crippen LogP contribution in [0.25, 0.3) is 10.9 Å². The SMILES string of the molecule is Cc1cc(C)c(NC(=O)COc2cccc3ccc(N4CCC(C)CC4)nc23)c(C)c1. The minimum absolute atomic E-state index is 0.0565. The Balaban J connectivity index is 1.49. The van der Waals surface area contributed by atoms with E-state index in [9.17, 15) is 4.79 Å². The Labute approximate surface area is 184 Å². The molecule has 5 nitrogen and oxygen atoms in total. The number of hydrogen-bond acceptors (Lipinski definition) is 4. The summed E-state index contributed by atoms with van der Waals surface area (Å²) >= 11 is 0. The Morgan fingerprint density at radius 2 is 1.81 bits per heavy atom. The van der Waals surface area contributed by atoms with Gasteiger partial charge in [-0.1, -0.05) is 36.8 Å². The predicted octanol–water partition coefficient (Wildman–Crippen LogP) is 5.41. The van der Waals surface area contributed by atoms with Gasteiger partial charge >= 0.3 is 0 Å². The summed E-state index contributed by atoms with van der Waals surface area (Å²) in [7, 11) is 0. The number of ether oxygens (including phenoxy) is 1. The molecule has 0 atom stereocenters. The molecule has 1 aliphatic heterocycles. The van der Waals surface area contributed by atoms with Gasteiger partial charge in [0.05, 0.1) is 0 Å². The predicted molar refractivity (Wildman–Crippen MR) is 127 cm³/mol. The van der Waals surface area contributed by atoms with E-state index >= 15 is 0 Å². The van der Waals surface area contributed by atoms with Gasteiger partial charge in [0.1, 0.15) is 17.1 Å². The number of rotatable bonds is 5. The Morgan fingerprint density at radius 3 is 2.52 bits per heavy atom. The van der Waals surface area contributed by atoms with Gasteiger partial charge in [0.25, 0.3) is 5.91 Å². The molecule has 0 spiro atoms. The molecule has 4 rings (SSSR count). The molecule has 1 saturated heterocycles. The Hall–Kier alpha value is -3.08. The number of anilines is 2. The topological polar surface area (TPSA) is 54.5 Å². The Bertz CT molecular complexity index is 1080. The van der Waals surface area contributed by atoms with Gasteiger partial charge in [0.2, 0.25) is 0 Å². The van der Waals surface area contributed by atoms with E-state index in [1.807, 2.05) is 32.0 Å². The van der Waals surface area contributed by atoms with Crippen LogP contribution < -0.4 is 15.0 Å². The van der Waals surface area contributed by atoms with E-state index < -0.39 is 0 Å². The number of nitrogens with zero attached hydrogens (tertiary/aromatic N) is 2. The van der Waals surface area contributed by atoms with Crippen LogP contribution in [-0.2, 0) is 4.79 Å². The molecular formula is C26H31N3O2. The van der Waals surface area contributed by atoms with E-state index in [4.69, 9.17) is 9.72 Å². The van der Waals surface area contributed by atoms with Gasteiger partial charge in [0, 0.05) is 24.2 Å². The quantitative estimate of drug-likeness (QED) is 0.603. The lowest BCUT2D eigenvalue weighted by atomic mass is 9.99. The number of carbonyl (C=O) groups excluding carboxylic acids is 1. The first-order chi connectivity index (χ1) is 14.9. The van der Waals surface area contributed by atoms with Crippen LogP contribution >= 0.6 is 0 Å². The highest BCUT2D eigenvalue weighted by Crippen LogP contribution is 2.29. The molecule has 5 heteroatoms. The van der Waals surface area contributed by atoms with Gasteiger partial charge in [-0.3, -0.25) is 4.79 Å². The third-order valence-corrected chi connectivity index (χ3v) is 6.08. The average molecular weight is 418 g/mol. The second kappa shape index (κ2) is 8.96. The second-order valence-electron chi connectivity index (χ2n) is 8.78. The summed E-state index contributed by atoms with van der Waals surface area (Å²) in [4.78, 5) is 19.8. The molecule has 3 aromatic rings. The summed E-state index contributed by atoms with van der Waals surface area (Å²) in [6.45, 7) is 10.4. The molecule has 2 heterocycles. The number of carbonyl (C=O) groups is 1. The average Bonchev–Trinajstić information content (AvgIpc) is 2.75. The van der Waals surface area contributed by atoms with Gasteiger partial charge < -0.3 is 15.0 Å². The first-order valence-corrected chi connectivity index (χ1v) is 11.1. The summed E-state index contributed by atoms with van der Waals surface area (Å²) < 4.78 is 5.92. The number of benzene rings is 2. The molecule has 31 heavy (non-hydrogen) atoms. The monoisotopic (exact) mass is 417 g/mol. The molecular weight excluding hydrogens is 386 g/mol. The highest BCUT2D eigenvalue weighted by atomic mass is 16.5. The first-order valence-electron chi connectivity index (χ1n) is 11.1. The highest BCUT2D eigenvalue weighted by Gasteiger charge is 2.18. The lowest BCUT2D eigenvalue weighted by Crippen LogP contribution is -2.33. The number of nitrogens with one attached hydrogen (secondary N) is 1. The van der Waals surface area contributed by atoms with Gasteiger partial charge in [-0.05, 0) is 68.9 Å². The minimum atomic E-state index is -0.173. The zero-order valence-electron chi connectivity index (χ0n) is 18.9. The molecule has 0 saturated carbocycles. The second-order valence-corrected chi connectivity index (χ2v) is 8.78. The number of piperidine rings is 1. The van der Waals surface area contributed by atoms with Crippen molar-refractivity contribution < 1.29 is 9.53 Å². The van der Waals surface area contributed by atoms with Crippen LogP contribution in [0.2, 0.25) is 0 Å². The van der Waals surface area contributed by atoms with E-state index in [1.54, 1.807) is 0 Å². The minimum Gasteiger partial charge on any atom is -0.481 e. The molecule has 1 N–H and O–H groups in total. The highest BCUT2D eigenvalue weighted by molar-refractivity contribution is 5.94. The van der Waals surface area contributed by atoms with E-state index in [0.717, 1.165) is 52.5 Å². The summed E-state index contributed by atoms with van der Waals surface area (Å²) in [6.07, 6.45) is 2.38. The Morgan fingerprint density at radius 1 is 1.10 bits per heavy atom. The maximum atomic E-state index is 12.6. The van der Waals surface area contributed by atoms with E-state index in [1.165, 1.54) is 18.4 Å². The van der Waals surface area contributed by atoms with Crippen molar-refractivity contribution in [3.63, 3.8) is 0 Å². The molecule has 162 valence electrons. The van der Waals surface area contributed by atoms with Gasteiger partial charge in [-0.15, -0.1) is 0 Å². The van der Waals surface area contributed by atoms with Crippen molar-refractivity contribution in [3.8, 4) is 5.75 Å². The number of pyridine rings is 1. The van der Waals surface area contributed by atoms with E-state index in [2.05, 4.69) is 48.3 Å². The summed E-state index contributed by atoms with van der Waals surface area (Å²) in [5.74, 6) is 2.21. The fraction of sp³-hybridized carbons (Fsp3) is 0.385. The van der Waals surface area contributed by atoms with Crippen molar-refractivity contribution in [2.45, 2.75) is 40.5 Å². The van der Waals surface area contributed by atoms with Crippen LogP contribution in [0, 0.1) is 26.7 Å². The number of para-hydroxylation sites is 1. The number of hydrogen-bond donors (Lipinski definition) is 1. The normalized spacial score (nSPS) is 14.6. The molecule has 0 radical (unpaired) electrons. The van der Waals surface area contributed by atoms with Crippen LogP contribution in [0.4, 0.5) is 11.5 Å². The van der Waals surface area contributed by atoms with E-state index in [-0.39, 0.29) is 12.5 Å². The van der Waals surface area contributed by atoms with Crippen molar-refractivity contribution in [3.05, 3.63) is 59.2 Å². The Kier molecular flexibility index (Phi) is 6.12. The van der Waals surface area contributed by atoms with Gasteiger partial charge in [-0.2, -0.15) is 0 Å². The summed E-state index contributed by atoms with van der Waals surface area (Å²) in [5.41, 5.74) is 4.95. The zero-order valence-corrected chi connectivity index (χ0v) is 18.9. The molecule has 1 aromatic heterocycles. The number of aromatic nitrogens is 1. The van der Waals surface area contributed by atoms with Crippen LogP contribution in [0.5, 0.6) is 5.75 Å². The smallest absolute Gasteiger partial charge is 0.262 e. The molecule has 1 aliphatic rings. The largest absolute Gasteiger partial charge is 0.481 e. The first kappa shape index (κ1) is 21.2. The van der Waals surface area contributed by atoms with Crippen molar-refractivity contribution in [1.82, 2.24) is 4.98 Å². The maximum Gasteiger partial charge on any atom is 0.262 e. The van der Waals surface area contributed by atoms with Gasteiger partial charge in [0.15, 0.2) is 6.61 Å². The van der Waals surface area contributed by atoms with Crippen molar-refractivity contribution in [2.75, 3.05) is 29.9 Å². The van der Waals surface area contributed by atoms with Crippen molar-refractivity contribution >= 4 is 28.3 Å². The van der Waals surface area contributed by atoms with Crippen molar-refractivity contribution in [1.29, 1.82) is 0 Å². The third kappa shape index (κ3) is 4.82. The van der Waals surface area contributed by atoms with Crippen LogP contribution in [0.15, 0.2) is 42.5 Å². The molecule has 0 aliphatic carbocycles. The molecule has 0 unspecified atom stereocenters. The number of aryl methyl sites for hydroxylation is 3. The van der Waals surface area contributed by atoms with Crippen LogP contribution in [0.3, 0.4) is 0 Å².